The fraction of sp³-hybridized carbons (Fsp3) is 0. The Kier molecular flexibility index (Phi) is 3.74. The van der Waals surface area contributed by atoms with E-state index in [1.165, 1.54) is 24.3 Å². The monoisotopic (exact) mass is 295 g/mol. The van der Waals surface area contributed by atoms with Crippen LogP contribution in [-0.2, 0) is 0 Å². The van der Waals surface area contributed by atoms with Crippen LogP contribution in [0.3, 0.4) is 0 Å². The lowest BCUT2D eigenvalue weighted by Gasteiger charge is -2.08. The zero-order valence-corrected chi connectivity index (χ0v) is 11.5. The van der Waals surface area contributed by atoms with Gasteiger partial charge < -0.3 is 0 Å². The summed E-state index contributed by atoms with van der Waals surface area (Å²) in [5.74, 6) is -0.893. The molecule has 0 spiro atoms. The number of aldehydes is 1. The first-order valence-electron chi connectivity index (χ1n) is 6.66. The molecule has 2 aromatic carbocycles. The Morgan fingerprint density at radius 2 is 1.23 bits per heavy atom. The van der Waals surface area contributed by atoms with E-state index < -0.39 is 11.6 Å². The van der Waals surface area contributed by atoms with E-state index >= 15 is 0 Å². The molecule has 0 aliphatic rings. The molecule has 0 aliphatic carbocycles. The van der Waals surface area contributed by atoms with Crippen LogP contribution in [0.2, 0.25) is 0 Å². The molecule has 4 heteroatoms. The van der Waals surface area contributed by atoms with Gasteiger partial charge >= 0.3 is 0 Å². The van der Waals surface area contributed by atoms with Crippen LogP contribution in [0.25, 0.3) is 22.5 Å². The van der Waals surface area contributed by atoms with Crippen LogP contribution in [0, 0.1) is 11.6 Å². The Morgan fingerprint density at radius 1 is 0.773 bits per heavy atom. The highest BCUT2D eigenvalue weighted by Crippen LogP contribution is 2.27. The Bertz CT molecular complexity index is 782. The van der Waals surface area contributed by atoms with Crippen molar-refractivity contribution in [1.82, 2.24) is 4.98 Å². The zero-order chi connectivity index (χ0) is 15.5. The summed E-state index contributed by atoms with van der Waals surface area (Å²) in [5.41, 5.74) is 1.43. The summed E-state index contributed by atoms with van der Waals surface area (Å²) >= 11 is 0. The first-order chi connectivity index (χ1) is 10.7. The average molecular weight is 295 g/mol. The number of pyridine rings is 1. The van der Waals surface area contributed by atoms with Crippen LogP contribution in [0.15, 0.2) is 60.7 Å². The third kappa shape index (κ3) is 2.63. The summed E-state index contributed by atoms with van der Waals surface area (Å²) in [7, 11) is 0. The van der Waals surface area contributed by atoms with Gasteiger partial charge in [-0.15, -0.1) is 0 Å². The van der Waals surface area contributed by atoms with Crippen molar-refractivity contribution in [2.24, 2.45) is 0 Å². The molecular formula is C18H11F2NO. The van der Waals surface area contributed by atoms with Gasteiger partial charge in [0, 0.05) is 16.7 Å². The molecule has 0 radical (unpaired) electrons. The summed E-state index contributed by atoms with van der Waals surface area (Å²) in [4.78, 5) is 15.4. The number of carbonyl (C=O) groups is 1. The molecule has 2 nitrogen and oxygen atoms in total. The maximum absolute atomic E-state index is 13.9. The van der Waals surface area contributed by atoms with Gasteiger partial charge in [-0.05, 0) is 36.4 Å². The fourth-order valence-corrected chi connectivity index (χ4v) is 2.23. The zero-order valence-electron chi connectivity index (χ0n) is 11.5. The minimum atomic E-state index is -0.447. The second kappa shape index (κ2) is 5.85. The minimum Gasteiger partial charge on any atom is -0.298 e. The van der Waals surface area contributed by atoms with Gasteiger partial charge in [0.25, 0.3) is 0 Å². The van der Waals surface area contributed by atoms with Gasteiger partial charge in [0.2, 0.25) is 0 Å². The first kappa shape index (κ1) is 14.1. The predicted octanol–water partition coefficient (Wildman–Crippen LogP) is 4.51. The topological polar surface area (TPSA) is 30.0 Å². The van der Waals surface area contributed by atoms with Gasteiger partial charge in [0.15, 0.2) is 0 Å². The molecule has 3 rings (SSSR count). The van der Waals surface area contributed by atoms with Gasteiger partial charge in [-0.3, -0.25) is 4.79 Å². The molecule has 0 aliphatic heterocycles. The highest BCUT2D eigenvalue weighted by atomic mass is 19.1. The van der Waals surface area contributed by atoms with Gasteiger partial charge in [0.1, 0.15) is 17.9 Å². The number of aromatic nitrogens is 1. The van der Waals surface area contributed by atoms with Crippen molar-refractivity contribution in [3.05, 3.63) is 77.9 Å². The number of halogens is 2. The van der Waals surface area contributed by atoms with Crippen LogP contribution >= 0.6 is 0 Å². The normalized spacial score (nSPS) is 10.5. The van der Waals surface area contributed by atoms with Crippen molar-refractivity contribution in [3.8, 4) is 22.5 Å². The lowest BCUT2D eigenvalue weighted by molar-refractivity contribution is 0.112. The lowest BCUT2D eigenvalue weighted by atomic mass is 10.0. The van der Waals surface area contributed by atoms with E-state index in [4.69, 9.17) is 0 Å². The van der Waals surface area contributed by atoms with Crippen molar-refractivity contribution in [1.29, 1.82) is 0 Å². The number of nitrogens with zero attached hydrogens (tertiary/aromatic N) is 1. The lowest BCUT2D eigenvalue weighted by Crippen LogP contribution is -1.95. The maximum atomic E-state index is 13.9. The van der Waals surface area contributed by atoms with E-state index in [2.05, 4.69) is 4.98 Å². The Labute approximate surface area is 126 Å². The maximum Gasteiger partial charge on any atom is 0.150 e. The van der Waals surface area contributed by atoms with E-state index in [9.17, 15) is 13.6 Å². The van der Waals surface area contributed by atoms with Crippen LogP contribution in [0.4, 0.5) is 8.78 Å². The molecule has 0 saturated carbocycles. The molecule has 3 aromatic rings. The summed E-state index contributed by atoms with van der Waals surface area (Å²) < 4.78 is 27.8. The third-order valence-corrected chi connectivity index (χ3v) is 3.28. The molecule has 0 amide bonds. The van der Waals surface area contributed by atoms with E-state index in [1.807, 2.05) is 0 Å². The summed E-state index contributed by atoms with van der Waals surface area (Å²) in [5, 5.41) is 0. The van der Waals surface area contributed by atoms with Crippen molar-refractivity contribution in [2.45, 2.75) is 0 Å². The molecular weight excluding hydrogens is 284 g/mol. The van der Waals surface area contributed by atoms with Gasteiger partial charge in [-0.25, -0.2) is 13.8 Å². The minimum absolute atomic E-state index is 0.267. The number of rotatable bonds is 3. The third-order valence-electron chi connectivity index (χ3n) is 3.28. The highest BCUT2D eigenvalue weighted by Gasteiger charge is 2.12. The number of benzene rings is 2. The molecule has 0 saturated heterocycles. The highest BCUT2D eigenvalue weighted by molar-refractivity contribution is 5.81. The quantitative estimate of drug-likeness (QED) is 0.666. The second-order valence-electron chi connectivity index (χ2n) is 4.75. The van der Waals surface area contributed by atoms with Gasteiger partial charge in [-0.1, -0.05) is 24.3 Å². The molecule has 0 fully saturated rings. The van der Waals surface area contributed by atoms with Gasteiger partial charge in [-0.2, -0.15) is 0 Å². The van der Waals surface area contributed by atoms with E-state index in [1.54, 1.807) is 36.4 Å². The number of hydrogen-bond acceptors (Lipinski definition) is 2. The SMILES string of the molecule is O=Cc1cc(-c2ccccc2F)nc(-c2ccccc2F)c1. The van der Waals surface area contributed by atoms with Crippen LogP contribution in [-0.4, -0.2) is 11.3 Å². The van der Waals surface area contributed by atoms with Crippen molar-refractivity contribution in [2.75, 3.05) is 0 Å². The fourth-order valence-electron chi connectivity index (χ4n) is 2.23. The first-order valence-corrected chi connectivity index (χ1v) is 6.66. The average Bonchev–Trinajstić information content (AvgIpc) is 2.55. The number of hydrogen-bond donors (Lipinski definition) is 0. The molecule has 22 heavy (non-hydrogen) atoms. The van der Waals surface area contributed by atoms with E-state index in [0.29, 0.717) is 23.2 Å². The molecule has 1 aromatic heterocycles. The molecule has 0 atom stereocenters. The summed E-state index contributed by atoms with van der Waals surface area (Å²) in [6, 6.07) is 15.2. The Hall–Kier alpha value is -2.88. The van der Waals surface area contributed by atoms with Gasteiger partial charge in [0.05, 0.1) is 11.4 Å². The van der Waals surface area contributed by atoms with Crippen LogP contribution in [0.1, 0.15) is 10.4 Å². The Morgan fingerprint density at radius 3 is 1.64 bits per heavy atom. The predicted molar refractivity (Wildman–Crippen MR) is 80.4 cm³/mol. The van der Waals surface area contributed by atoms with Crippen molar-refractivity contribution < 1.29 is 13.6 Å². The largest absolute Gasteiger partial charge is 0.298 e. The summed E-state index contributed by atoms with van der Waals surface area (Å²) in [6.07, 6.45) is 0.635. The molecule has 0 bridgehead atoms. The Balaban J connectivity index is 2.22. The molecule has 0 N–H and O–H groups in total. The smallest absolute Gasteiger partial charge is 0.150 e. The summed E-state index contributed by atoms with van der Waals surface area (Å²) in [6.45, 7) is 0. The van der Waals surface area contributed by atoms with Crippen molar-refractivity contribution in [3.63, 3.8) is 0 Å². The second-order valence-corrected chi connectivity index (χ2v) is 4.75. The molecule has 1 heterocycles. The molecule has 0 unspecified atom stereocenters. The molecule has 108 valence electrons. The number of carbonyl (C=O) groups excluding carboxylic acids is 1. The van der Waals surface area contributed by atoms with Crippen LogP contribution < -0.4 is 0 Å². The standard InChI is InChI=1S/C18H11F2NO/c19-15-7-3-1-5-13(15)17-9-12(11-22)10-18(21-17)14-6-2-4-8-16(14)20/h1-11H. The van der Waals surface area contributed by atoms with Crippen LogP contribution in [0.5, 0.6) is 0 Å². The van der Waals surface area contributed by atoms with E-state index in [0.717, 1.165) is 0 Å². The van der Waals surface area contributed by atoms with Crippen molar-refractivity contribution >= 4 is 6.29 Å². The van der Waals surface area contributed by atoms with E-state index in [-0.39, 0.29) is 11.1 Å².